The molecule has 0 unspecified atom stereocenters. The van der Waals surface area contributed by atoms with Crippen molar-refractivity contribution in [3.63, 3.8) is 0 Å². The molecule has 0 atom stereocenters. The number of hydrogen-bond donors (Lipinski definition) is 1. The fraction of sp³-hybridized carbons (Fsp3) is 0.125. The minimum Gasteiger partial charge on any atom is -0.493 e. The standard InChI is InChI=1S/C24H19ClN2O5/c1-30-21-11-18(24(29)32-14-16-8-4-3-7-15(16)13-26)20(12-22(21)31-2)27-23(28)17-9-5-6-10-19(17)25/h3-12H,14H2,1-2H3,(H,27,28). The van der Waals surface area contributed by atoms with Gasteiger partial charge < -0.3 is 19.5 Å². The highest BCUT2D eigenvalue weighted by molar-refractivity contribution is 6.34. The first-order chi connectivity index (χ1) is 15.5. The smallest absolute Gasteiger partial charge is 0.340 e. The highest BCUT2D eigenvalue weighted by atomic mass is 35.5. The molecular formula is C24H19ClN2O5. The van der Waals surface area contributed by atoms with Crippen molar-refractivity contribution in [2.45, 2.75) is 6.61 Å². The van der Waals surface area contributed by atoms with Crippen molar-refractivity contribution in [3.8, 4) is 17.6 Å². The quantitative estimate of drug-likeness (QED) is 0.517. The minimum absolute atomic E-state index is 0.0532. The average Bonchev–Trinajstić information content (AvgIpc) is 2.82. The van der Waals surface area contributed by atoms with E-state index < -0.39 is 11.9 Å². The fourth-order valence-corrected chi connectivity index (χ4v) is 3.18. The van der Waals surface area contributed by atoms with Crippen molar-refractivity contribution in [2.75, 3.05) is 19.5 Å². The van der Waals surface area contributed by atoms with E-state index in [4.69, 9.17) is 25.8 Å². The Morgan fingerprint density at radius 2 is 1.62 bits per heavy atom. The van der Waals surface area contributed by atoms with Crippen LogP contribution in [0.5, 0.6) is 11.5 Å². The highest BCUT2D eigenvalue weighted by Crippen LogP contribution is 2.34. The first-order valence-electron chi connectivity index (χ1n) is 9.45. The number of ether oxygens (including phenoxy) is 3. The number of rotatable bonds is 7. The van der Waals surface area contributed by atoms with Gasteiger partial charge in [-0.3, -0.25) is 4.79 Å². The monoisotopic (exact) mass is 450 g/mol. The number of carbonyl (C=O) groups is 2. The third kappa shape index (κ3) is 4.99. The predicted molar refractivity (Wildman–Crippen MR) is 119 cm³/mol. The summed E-state index contributed by atoms with van der Waals surface area (Å²) < 4.78 is 16.0. The molecule has 0 spiro atoms. The molecule has 3 aromatic carbocycles. The van der Waals surface area contributed by atoms with Gasteiger partial charge in [0.2, 0.25) is 0 Å². The second-order valence-electron chi connectivity index (χ2n) is 6.53. The Morgan fingerprint density at radius 3 is 2.31 bits per heavy atom. The van der Waals surface area contributed by atoms with Gasteiger partial charge in [0, 0.05) is 17.7 Å². The summed E-state index contributed by atoms with van der Waals surface area (Å²) in [5.74, 6) is -0.624. The summed E-state index contributed by atoms with van der Waals surface area (Å²) >= 11 is 6.12. The molecule has 1 N–H and O–H groups in total. The number of carbonyl (C=O) groups excluding carboxylic acids is 2. The number of esters is 1. The lowest BCUT2D eigenvalue weighted by atomic mass is 10.1. The molecule has 3 aromatic rings. The van der Waals surface area contributed by atoms with Crippen molar-refractivity contribution in [3.05, 3.63) is 87.9 Å². The maximum Gasteiger partial charge on any atom is 0.340 e. The normalized spacial score (nSPS) is 10.1. The van der Waals surface area contributed by atoms with Gasteiger partial charge in [-0.25, -0.2) is 4.79 Å². The number of amides is 1. The van der Waals surface area contributed by atoms with E-state index in [2.05, 4.69) is 11.4 Å². The van der Waals surface area contributed by atoms with Crippen molar-refractivity contribution < 1.29 is 23.8 Å². The van der Waals surface area contributed by atoms with E-state index in [0.29, 0.717) is 16.9 Å². The molecular weight excluding hydrogens is 432 g/mol. The zero-order valence-corrected chi connectivity index (χ0v) is 18.1. The lowest BCUT2D eigenvalue weighted by molar-refractivity contribution is 0.0473. The van der Waals surface area contributed by atoms with E-state index in [-0.39, 0.29) is 34.2 Å². The molecule has 8 heteroatoms. The van der Waals surface area contributed by atoms with Crippen LogP contribution < -0.4 is 14.8 Å². The first-order valence-corrected chi connectivity index (χ1v) is 9.83. The van der Waals surface area contributed by atoms with Gasteiger partial charge in [-0.1, -0.05) is 41.9 Å². The zero-order valence-electron chi connectivity index (χ0n) is 17.3. The molecule has 0 aliphatic heterocycles. The SMILES string of the molecule is COc1cc(NC(=O)c2ccccc2Cl)c(C(=O)OCc2ccccc2C#N)cc1OC. The summed E-state index contributed by atoms with van der Waals surface area (Å²) in [5.41, 5.74) is 1.42. The third-order valence-corrected chi connectivity index (χ3v) is 4.94. The minimum atomic E-state index is -0.715. The average molecular weight is 451 g/mol. The van der Waals surface area contributed by atoms with Gasteiger partial charge in [-0.05, 0) is 18.2 Å². The molecule has 3 rings (SSSR count). The van der Waals surface area contributed by atoms with Crippen LogP contribution in [-0.2, 0) is 11.3 Å². The Labute approximate surface area is 190 Å². The molecule has 0 radical (unpaired) electrons. The number of hydrogen-bond acceptors (Lipinski definition) is 6. The van der Waals surface area contributed by atoms with Gasteiger partial charge in [0.05, 0.1) is 47.7 Å². The Bertz CT molecular complexity index is 1200. The number of nitriles is 1. The van der Waals surface area contributed by atoms with E-state index in [1.165, 1.54) is 26.4 Å². The third-order valence-electron chi connectivity index (χ3n) is 4.61. The van der Waals surface area contributed by atoms with Crippen molar-refractivity contribution in [1.82, 2.24) is 0 Å². The van der Waals surface area contributed by atoms with Gasteiger partial charge in [0.1, 0.15) is 6.61 Å². The van der Waals surface area contributed by atoms with Crippen LogP contribution >= 0.6 is 11.6 Å². The number of benzene rings is 3. The topological polar surface area (TPSA) is 97.6 Å². The number of halogens is 1. The van der Waals surface area contributed by atoms with Crippen LogP contribution in [-0.4, -0.2) is 26.1 Å². The van der Waals surface area contributed by atoms with Gasteiger partial charge >= 0.3 is 5.97 Å². The molecule has 32 heavy (non-hydrogen) atoms. The molecule has 162 valence electrons. The zero-order chi connectivity index (χ0) is 23.1. The van der Waals surface area contributed by atoms with Crippen LogP contribution in [0.3, 0.4) is 0 Å². The van der Waals surface area contributed by atoms with E-state index in [1.807, 2.05) is 0 Å². The lowest BCUT2D eigenvalue weighted by Gasteiger charge is -2.16. The van der Waals surface area contributed by atoms with Crippen molar-refractivity contribution >= 4 is 29.2 Å². The Kier molecular flexibility index (Phi) is 7.32. The van der Waals surface area contributed by atoms with E-state index in [9.17, 15) is 14.9 Å². The summed E-state index contributed by atoms with van der Waals surface area (Å²) in [6.07, 6.45) is 0. The molecule has 0 heterocycles. The molecule has 1 amide bonds. The van der Waals surface area contributed by atoms with Crippen molar-refractivity contribution in [1.29, 1.82) is 5.26 Å². The second-order valence-corrected chi connectivity index (χ2v) is 6.94. The predicted octanol–water partition coefficient (Wildman–Crippen LogP) is 4.84. The summed E-state index contributed by atoms with van der Waals surface area (Å²) in [5, 5.41) is 12.2. The summed E-state index contributed by atoms with van der Waals surface area (Å²) in [6.45, 7) is -0.116. The number of anilines is 1. The number of nitrogens with zero attached hydrogens (tertiary/aromatic N) is 1. The summed E-state index contributed by atoms with van der Waals surface area (Å²) in [4.78, 5) is 25.7. The van der Waals surface area contributed by atoms with Crippen LogP contribution in [0.1, 0.15) is 31.8 Å². The van der Waals surface area contributed by atoms with Gasteiger partial charge in [0.15, 0.2) is 11.5 Å². The molecule has 0 aromatic heterocycles. The largest absolute Gasteiger partial charge is 0.493 e. The van der Waals surface area contributed by atoms with Crippen molar-refractivity contribution in [2.24, 2.45) is 0 Å². The molecule has 0 bridgehead atoms. The molecule has 0 saturated carbocycles. The summed E-state index contributed by atoms with van der Waals surface area (Å²) in [6, 6.07) is 18.3. The first kappa shape index (κ1) is 22.7. The van der Waals surface area contributed by atoms with E-state index >= 15 is 0 Å². The maximum atomic E-state index is 12.9. The van der Waals surface area contributed by atoms with Gasteiger partial charge in [-0.15, -0.1) is 0 Å². The van der Waals surface area contributed by atoms with Crippen LogP contribution in [0.4, 0.5) is 5.69 Å². The molecule has 0 aliphatic rings. The number of methoxy groups -OCH3 is 2. The Morgan fingerprint density at radius 1 is 0.969 bits per heavy atom. The Balaban J connectivity index is 1.92. The highest BCUT2D eigenvalue weighted by Gasteiger charge is 2.21. The van der Waals surface area contributed by atoms with E-state index in [1.54, 1.807) is 48.5 Å². The summed E-state index contributed by atoms with van der Waals surface area (Å²) in [7, 11) is 2.87. The van der Waals surface area contributed by atoms with E-state index in [0.717, 1.165) is 0 Å². The van der Waals surface area contributed by atoms with Gasteiger partial charge in [0.25, 0.3) is 5.91 Å². The van der Waals surface area contributed by atoms with Crippen LogP contribution in [0, 0.1) is 11.3 Å². The van der Waals surface area contributed by atoms with Gasteiger partial charge in [-0.2, -0.15) is 5.26 Å². The molecule has 0 saturated heterocycles. The number of nitrogens with one attached hydrogen (secondary N) is 1. The second kappa shape index (κ2) is 10.3. The fourth-order valence-electron chi connectivity index (χ4n) is 2.96. The van der Waals surface area contributed by atoms with Crippen LogP contribution in [0.25, 0.3) is 0 Å². The lowest BCUT2D eigenvalue weighted by Crippen LogP contribution is -2.17. The van der Waals surface area contributed by atoms with Crippen LogP contribution in [0.15, 0.2) is 60.7 Å². The maximum absolute atomic E-state index is 12.9. The van der Waals surface area contributed by atoms with Crippen LogP contribution in [0.2, 0.25) is 5.02 Å². The molecule has 0 aliphatic carbocycles. The Hall–Kier alpha value is -4.02. The molecule has 0 fully saturated rings. The molecule has 7 nitrogen and oxygen atoms in total.